The molecule has 0 aromatic heterocycles. The molecule has 6 aromatic carbocycles. The van der Waals surface area contributed by atoms with Crippen LogP contribution in [0.4, 0.5) is 0 Å². The Labute approximate surface area is 191 Å². The van der Waals surface area contributed by atoms with Crippen molar-refractivity contribution in [2.75, 3.05) is 0 Å². The van der Waals surface area contributed by atoms with Gasteiger partial charge in [0.05, 0.1) is 0 Å². The third-order valence-corrected chi connectivity index (χ3v) is 6.57. The minimum Gasteiger partial charge on any atom is -0.298 e. The molecular formula is C31H20O2. The van der Waals surface area contributed by atoms with Crippen molar-refractivity contribution in [3.63, 3.8) is 0 Å². The molecule has 0 heterocycles. The van der Waals surface area contributed by atoms with Gasteiger partial charge in [0.2, 0.25) is 0 Å². The summed E-state index contributed by atoms with van der Waals surface area (Å²) in [4.78, 5) is 24.4. The van der Waals surface area contributed by atoms with Crippen LogP contribution in [0.2, 0.25) is 0 Å². The molecule has 0 radical (unpaired) electrons. The summed E-state index contributed by atoms with van der Waals surface area (Å²) in [5.41, 5.74) is 3.66. The van der Waals surface area contributed by atoms with E-state index in [0.29, 0.717) is 0 Å². The summed E-state index contributed by atoms with van der Waals surface area (Å²) in [6.07, 6.45) is 0.953. The van der Waals surface area contributed by atoms with Crippen molar-refractivity contribution in [1.29, 1.82) is 0 Å². The summed E-state index contributed by atoms with van der Waals surface area (Å²) in [5, 5.41) is 8.10. The molecule has 6 rings (SSSR count). The van der Waals surface area contributed by atoms with Gasteiger partial charge < -0.3 is 0 Å². The van der Waals surface area contributed by atoms with E-state index in [2.05, 4.69) is 48.5 Å². The first-order chi connectivity index (χ1) is 16.1. The monoisotopic (exact) mass is 424 g/mol. The second kappa shape index (κ2) is 7.39. The summed E-state index contributed by atoms with van der Waals surface area (Å²) in [5.74, 6) is 0.0727. The average Bonchev–Trinajstić information content (AvgIpc) is 2.84. The van der Waals surface area contributed by atoms with Gasteiger partial charge in [-0.1, -0.05) is 72.8 Å². The van der Waals surface area contributed by atoms with Gasteiger partial charge in [0.1, 0.15) is 0 Å². The number of fused-ring (bicyclic) bond motifs is 4. The topological polar surface area (TPSA) is 34.1 Å². The highest BCUT2D eigenvalue weighted by atomic mass is 16.1. The SMILES string of the molecule is CC(=O)c1c2ccccc2cc2cc(-c3ccc4c(C=O)c5ccccc5cc4c3)ccc12. The van der Waals surface area contributed by atoms with E-state index in [1.54, 1.807) is 6.92 Å². The Morgan fingerprint density at radius 2 is 1.06 bits per heavy atom. The van der Waals surface area contributed by atoms with E-state index in [1.165, 1.54) is 0 Å². The molecule has 0 amide bonds. The number of carbonyl (C=O) groups is 2. The zero-order valence-electron chi connectivity index (χ0n) is 18.1. The van der Waals surface area contributed by atoms with Crippen LogP contribution < -0.4 is 0 Å². The molecule has 156 valence electrons. The molecule has 0 aliphatic carbocycles. The first kappa shape index (κ1) is 19.4. The fourth-order valence-corrected chi connectivity index (χ4v) is 5.05. The molecule has 2 heteroatoms. The molecule has 0 saturated heterocycles. The van der Waals surface area contributed by atoms with Crippen molar-refractivity contribution in [2.24, 2.45) is 0 Å². The minimum atomic E-state index is 0.0727. The van der Waals surface area contributed by atoms with Gasteiger partial charge in [0, 0.05) is 11.1 Å². The average molecular weight is 424 g/mol. The Kier molecular flexibility index (Phi) is 4.34. The molecule has 0 saturated carbocycles. The van der Waals surface area contributed by atoms with Crippen molar-refractivity contribution in [2.45, 2.75) is 6.92 Å². The Morgan fingerprint density at radius 3 is 1.70 bits per heavy atom. The Balaban J connectivity index is 1.59. The number of aldehydes is 1. The lowest BCUT2D eigenvalue weighted by Crippen LogP contribution is -1.96. The maximum atomic E-state index is 12.5. The maximum absolute atomic E-state index is 12.5. The molecule has 0 unspecified atom stereocenters. The third-order valence-electron chi connectivity index (χ3n) is 6.57. The number of Topliss-reactive ketones (excluding diaryl/α,β-unsaturated/α-hetero) is 1. The van der Waals surface area contributed by atoms with Gasteiger partial charge >= 0.3 is 0 Å². The molecule has 0 bridgehead atoms. The number of hydrogen-bond acceptors (Lipinski definition) is 2. The Hall–Kier alpha value is -4.30. The van der Waals surface area contributed by atoms with Gasteiger partial charge in [-0.05, 0) is 85.4 Å². The Morgan fingerprint density at radius 1 is 0.576 bits per heavy atom. The Bertz CT molecular complexity index is 1760. The van der Waals surface area contributed by atoms with Crippen LogP contribution in [0.25, 0.3) is 54.2 Å². The minimum absolute atomic E-state index is 0.0727. The van der Waals surface area contributed by atoms with Gasteiger partial charge in [-0.15, -0.1) is 0 Å². The van der Waals surface area contributed by atoms with Crippen LogP contribution in [-0.2, 0) is 0 Å². The van der Waals surface area contributed by atoms with Gasteiger partial charge in [0.15, 0.2) is 12.1 Å². The third kappa shape index (κ3) is 3.03. The molecule has 0 spiro atoms. The number of ketones is 1. The van der Waals surface area contributed by atoms with Gasteiger partial charge in [-0.25, -0.2) is 0 Å². The maximum Gasteiger partial charge on any atom is 0.161 e. The summed E-state index contributed by atoms with van der Waals surface area (Å²) in [7, 11) is 0. The molecule has 6 aromatic rings. The summed E-state index contributed by atoms with van der Waals surface area (Å²) >= 11 is 0. The smallest absolute Gasteiger partial charge is 0.161 e. The van der Waals surface area contributed by atoms with E-state index in [4.69, 9.17) is 0 Å². The zero-order chi connectivity index (χ0) is 22.5. The highest BCUT2D eigenvalue weighted by molar-refractivity contribution is 6.19. The predicted octanol–water partition coefficient (Wildman–Crippen LogP) is 7.98. The molecule has 2 nitrogen and oxygen atoms in total. The molecule has 0 fully saturated rings. The van der Waals surface area contributed by atoms with E-state index in [9.17, 15) is 9.59 Å². The second-order valence-corrected chi connectivity index (χ2v) is 8.53. The van der Waals surface area contributed by atoms with Crippen LogP contribution in [0.1, 0.15) is 27.6 Å². The van der Waals surface area contributed by atoms with E-state index < -0.39 is 0 Å². The standard InChI is InChI=1S/C31H20O2/c1-19(33)31-28-9-5-3-7-23(28)17-25-15-21(11-13-29(25)31)20-10-12-27-24(14-20)16-22-6-2-4-8-26(22)30(27)18-32/h2-18H,1H3. The van der Waals surface area contributed by atoms with Gasteiger partial charge in [0.25, 0.3) is 0 Å². The molecule has 0 aliphatic heterocycles. The summed E-state index contributed by atoms with van der Waals surface area (Å²) in [6.45, 7) is 1.63. The van der Waals surface area contributed by atoms with Crippen LogP contribution in [0.3, 0.4) is 0 Å². The number of rotatable bonds is 3. The van der Waals surface area contributed by atoms with Crippen molar-refractivity contribution < 1.29 is 9.59 Å². The molecule has 0 N–H and O–H groups in total. The number of hydrogen-bond donors (Lipinski definition) is 0. The largest absolute Gasteiger partial charge is 0.298 e. The van der Waals surface area contributed by atoms with Gasteiger partial charge in [-0.2, -0.15) is 0 Å². The van der Waals surface area contributed by atoms with Crippen molar-refractivity contribution in [1.82, 2.24) is 0 Å². The molecule has 0 aliphatic rings. The van der Waals surface area contributed by atoms with E-state index in [1.807, 2.05) is 48.5 Å². The molecular weight excluding hydrogens is 404 g/mol. The first-order valence-electron chi connectivity index (χ1n) is 11.0. The zero-order valence-corrected chi connectivity index (χ0v) is 18.1. The van der Waals surface area contributed by atoms with E-state index in [-0.39, 0.29) is 5.78 Å². The van der Waals surface area contributed by atoms with E-state index in [0.717, 1.165) is 71.6 Å². The quantitative estimate of drug-likeness (QED) is 0.164. The van der Waals surface area contributed by atoms with Crippen molar-refractivity contribution in [3.05, 3.63) is 108 Å². The normalized spacial score (nSPS) is 11.4. The van der Waals surface area contributed by atoms with Crippen LogP contribution in [0.5, 0.6) is 0 Å². The van der Waals surface area contributed by atoms with Crippen molar-refractivity contribution >= 4 is 55.2 Å². The highest BCUT2D eigenvalue weighted by Gasteiger charge is 2.13. The van der Waals surface area contributed by atoms with Crippen LogP contribution in [0.15, 0.2) is 97.1 Å². The number of benzene rings is 6. The highest BCUT2D eigenvalue weighted by Crippen LogP contribution is 2.34. The fraction of sp³-hybridized carbons (Fsp3) is 0.0323. The lowest BCUT2D eigenvalue weighted by atomic mass is 9.91. The number of carbonyl (C=O) groups excluding carboxylic acids is 2. The predicted molar refractivity (Wildman–Crippen MR) is 137 cm³/mol. The van der Waals surface area contributed by atoms with Crippen LogP contribution >= 0.6 is 0 Å². The van der Waals surface area contributed by atoms with Crippen molar-refractivity contribution in [3.8, 4) is 11.1 Å². The molecule has 0 atom stereocenters. The summed E-state index contributed by atoms with van der Waals surface area (Å²) < 4.78 is 0. The lowest BCUT2D eigenvalue weighted by molar-refractivity contribution is 0.102. The van der Waals surface area contributed by atoms with Crippen LogP contribution in [0, 0.1) is 0 Å². The summed E-state index contributed by atoms with van der Waals surface area (Å²) in [6, 6.07) is 32.8. The second-order valence-electron chi connectivity index (χ2n) is 8.53. The van der Waals surface area contributed by atoms with Crippen LogP contribution in [-0.4, -0.2) is 12.1 Å². The molecule has 33 heavy (non-hydrogen) atoms. The van der Waals surface area contributed by atoms with Gasteiger partial charge in [-0.3, -0.25) is 9.59 Å². The fourth-order valence-electron chi connectivity index (χ4n) is 5.05. The lowest BCUT2D eigenvalue weighted by Gasteiger charge is -2.12. The first-order valence-corrected chi connectivity index (χ1v) is 11.0. The van der Waals surface area contributed by atoms with E-state index >= 15 is 0 Å².